The standard InChI is InChI=1S/C7H11N2P/c1-5-4-9-3-2-6(10)7(9)8-5/h4,6H,2-3,10H2,1H3. The van der Waals surface area contributed by atoms with Gasteiger partial charge in [0.2, 0.25) is 0 Å². The minimum atomic E-state index is 0.591. The van der Waals surface area contributed by atoms with Gasteiger partial charge in [0, 0.05) is 18.4 Å². The lowest BCUT2D eigenvalue weighted by molar-refractivity contribution is 0.745. The average Bonchev–Trinajstić information content (AvgIpc) is 2.35. The minimum Gasteiger partial charge on any atom is -0.334 e. The molecule has 0 aromatic carbocycles. The van der Waals surface area contributed by atoms with E-state index >= 15 is 0 Å². The topological polar surface area (TPSA) is 17.8 Å². The highest BCUT2D eigenvalue weighted by atomic mass is 31.0. The van der Waals surface area contributed by atoms with Crippen LogP contribution < -0.4 is 0 Å². The van der Waals surface area contributed by atoms with Crippen molar-refractivity contribution in [1.29, 1.82) is 0 Å². The van der Waals surface area contributed by atoms with Gasteiger partial charge in [0.05, 0.1) is 5.69 Å². The van der Waals surface area contributed by atoms with Crippen molar-refractivity contribution < 1.29 is 0 Å². The van der Waals surface area contributed by atoms with Crippen LogP contribution in [0, 0.1) is 6.92 Å². The van der Waals surface area contributed by atoms with Crippen molar-refractivity contribution >= 4 is 9.24 Å². The third-order valence-electron chi connectivity index (χ3n) is 1.94. The normalized spacial score (nSPS) is 23.2. The van der Waals surface area contributed by atoms with E-state index in [0.717, 1.165) is 12.2 Å². The fourth-order valence-corrected chi connectivity index (χ4v) is 1.86. The number of rotatable bonds is 0. The molecule has 2 heterocycles. The molecule has 10 heavy (non-hydrogen) atoms. The maximum atomic E-state index is 4.41. The Labute approximate surface area is 62.9 Å². The van der Waals surface area contributed by atoms with Gasteiger partial charge in [0.25, 0.3) is 0 Å². The number of aryl methyl sites for hydroxylation is 2. The summed E-state index contributed by atoms with van der Waals surface area (Å²) in [6, 6.07) is 0. The van der Waals surface area contributed by atoms with E-state index in [9.17, 15) is 0 Å². The summed E-state index contributed by atoms with van der Waals surface area (Å²) < 4.78 is 2.24. The van der Waals surface area contributed by atoms with Gasteiger partial charge in [-0.25, -0.2) is 4.98 Å². The first-order chi connectivity index (χ1) is 4.77. The first-order valence-corrected chi connectivity index (χ1v) is 4.23. The summed E-state index contributed by atoms with van der Waals surface area (Å²) in [4.78, 5) is 4.41. The molecule has 2 nitrogen and oxygen atoms in total. The Bertz CT molecular complexity index is 254. The van der Waals surface area contributed by atoms with Crippen LogP contribution in [-0.2, 0) is 6.54 Å². The van der Waals surface area contributed by atoms with Crippen LogP contribution in [0.5, 0.6) is 0 Å². The highest BCUT2D eigenvalue weighted by Gasteiger charge is 2.19. The SMILES string of the molecule is Cc1cn2c(n1)C(P)CC2. The quantitative estimate of drug-likeness (QED) is 0.518. The smallest absolute Gasteiger partial charge is 0.115 e. The molecule has 1 aromatic rings. The number of imidazole rings is 1. The zero-order valence-corrected chi connectivity index (χ0v) is 7.20. The van der Waals surface area contributed by atoms with Gasteiger partial charge in [-0.1, -0.05) is 0 Å². The molecule has 1 aromatic heterocycles. The van der Waals surface area contributed by atoms with Crippen LogP contribution in [0.4, 0.5) is 0 Å². The van der Waals surface area contributed by atoms with Crippen molar-refractivity contribution in [2.24, 2.45) is 0 Å². The number of hydrogen-bond donors (Lipinski definition) is 0. The molecule has 0 fully saturated rings. The second-order valence-electron chi connectivity index (χ2n) is 2.83. The summed E-state index contributed by atoms with van der Waals surface area (Å²) >= 11 is 0. The van der Waals surface area contributed by atoms with Crippen LogP contribution in [0.25, 0.3) is 0 Å². The summed E-state index contributed by atoms with van der Waals surface area (Å²) in [5, 5.41) is 0. The number of hydrogen-bond acceptors (Lipinski definition) is 1. The Kier molecular flexibility index (Phi) is 1.31. The fraction of sp³-hybridized carbons (Fsp3) is 0.571. The van der Waals surface area contributed by atoms with E-state index in [1.54, 1.807) is 0 Å². The number of fused-ring (bicyclic) bond motifs is 1. The Morgan fingerprint density at radius 1 is 1.80 bits per heavy atom. The molecular weight excluding hydrogens is 143 g/mol. The second-order valence-corrected chi connectivity index (χ2v) is 3.63. The van der Waals surface area contributed by atoms with Crippen molar-refractivity contribution in [3.63, 3.8) is 0 Å². The van der Waals surface area contributed by atoms with Gasteiger partial charge in [0.15, 0.2) is 0 Å². The summed E-state index contributed by atoms with van der Waals surface area (Å²) in [7, 11) is 2.83. The zero-order chi connectivity index (χ0) is 7.14. The maximum Gasteiger partial charge on any atom is 0.115 e. The molecule has 2 unspecified atom stereocenters. The van der Waals surface area contributed by atoms with Crippen molar-refractivity contribution in [2.45, 2.75) is 25.5 Å². The first-order valence-electron chi connectivity index (χ1n) is 3.56. The summed E-state index contributed by atoms with van der Waals surface area (Å²) in [5.74, 6) is 1.24. The molecule has 2 rings (SSSR count). The Morgan fingerprint density at radius 2 is 2.60 bits per heavy atom. The lowest BCUT2D eigenvalue weighted by Gasteiger charge is -1.94. The van der Waals surface area contributed by atoms with Gasteiger partial charge in [-0.2, -0.15) is 0 Å². The van der Waals surface area contributed by atoms with Crippen molar-refractivity contribution in [3.8, 4) is 0 Å². The van der Waals surface area contributed by atoms with Gasteiger partial charge in [-0.15, -0.1) is 9.24 Å². The molecule has 0 radical (unpaired) electrons. The van der Waals surface area contributed by atoms with Gasteiger partial charge in [0.1, 0.15) is 5.82 Å². The summed E-state index contributed by atoms with van der Waals surface area (Å²) in [6.07, 6.45) is 3.35. The highest BCUT2D eigenvalue weighted by Crippen LogP contribution is 2.32. The van der Waals surface area contributed by atoms with Crippen molar-refractivity contribution in [2.75, 3.05) is 0 Å². The molecule has 1 aliphatic heterocycles. The number of nitrogens with zero attached hydrogens (tertiary/aromatic N) is 2. The van der Waals surface area contributed by atoms with Gasteiger partial charge >= 0.3 is 0 Å². The highest BCUT2D eigenvalue weighted by molar-refractivity contribution is 7.17. The third kappa shape index (κ3) is 0.791. The molecule has 1 aliphatic rings. The van der Waals surface area contributed by atoms with E-state index in [1.165, 1.54) is 12.2 Å². The largest absolute Gasteiger partial charge is 0.334 e. The molecule has 0 saturated heterocycles. The molecule has 0 spiro atoms. The summed E-state index contributed by atoms with van der Waals surface area (Å²) in [5.41, 5.74) is 1.73. The monoisotopic (exact) mass is 154 g/mol. The lowest BCUT2D eigenvalue weighted by atomic mass is 10.3. The molecule has 3 heteroatoms. The zero-order valence-electron chi connectivity index (χ0n) is 6.04. The van der Waals surface area contributed by atoms with E-state index in [-0.39, 0.29) is 0 Å². The van der Waals surface area contributed by atoms with Crippen molar-refractivity contribution in [3.05, 3.63) is 17.7 Å². The fourth-order valence-electron chi connectivity index (χ4n) is 1.45. The van der Waals surface area contributed by atoms with E-state index in [1.807, 2.05) is 6.92 Å². The second kappa shape index (κ2) is 2.06. The third-order valence-corrected chi connectivity index (χ3v) is 2.57. The molecule has 0 aliphatic carbocycles. The van der Waals surface area contributed by atoms with Crippen LogP contribution in [0.15, 0.2) is 6.20 Å². The van der Waals surface area contributed by atoms with E-state index in [2.05, 4.69) is 25.0 Å². The number of aromatic nitrogens is 2. The van der Waals surface area contributed by atoms with Gasteiger partial charge < -0.3 is 4.57 Å². The molecular formula is C7H11N2P. The van der Waals surface area contributed by atoms with Crippen molar-refractivity contribution in [1.82, 2.24) is 9.55 Å². The Balaban J connectivity index is 2.49. The van der Waals surface area contributed by atoms with Crippen LogP contribution in [0.2, 0.25) is 0 Å². The first kappa shape index (κ1) is 6.36. The summed E-state index contributed by atoms with van der Waals surface area (Å²) in [6.45, 7) is 3.19. The predicted molar refractivity (Wildman–Crippen MR) is 44.0 cm³/mol. The minimum absolute atomic E-state index is 0.591. The molecule has 0 N–H and O–H groups in total. The van der Waals surface area contributed by atoms with E-state index in [0.29, 0.717) is 5.66 Å². The van der Waals surface area contributed by atoms with Gasteiger partial charge in [-0.3, -0.25) is 0 Å². The molecule has 54 valence electrons. The van der Waals surface area contributed by atoms with Crippen LogP contribution in [-0.4, -0.2) is 9.55 Å². The molecule has 0 amide bonds. The Hall–Kier alpha value is -0.360. The van der Waals surface area contributed by atoms with Gasteiger partial charge in [-0.05, 0) is 13.3 Å². The lowest BCUT2D eigenvalue weighted by Crippen LogP contribution is -1.88. The van der Waals surface area contributed by atoms with E-state index < -0.39 is 0 Å². The van der Waals surface area contributed by atoms with Crippen LogP contribution in [0.3, 0.4) is 0 Å². The predicted octanol–water partition coefficient (Wildman–Crippen LogP) is 1.51. The molecule has 2 atom stereocenters. The average molecular weight is 154 g/mol. The molecule has 0 saturated carbocycles. The Morgan fingerprint density at radius 3 is 3.30 bits per heavy atom. The van der Waals surface area contributed by atoms with E-state index in [4.69, 9.17) is 0 Å². The van der Waals surface area contributed by atoms with Crippen LogP contribution in [0.1, 0.15) is 23.6 Å². The van der Waals surface area contributed by atoms with Crippen LogP contribution >= 0.6 is 9.24 Å². The maximum absolute atomic E-state index is 4.41. The molecule has 0 bridgehead atoms.